The largest absolute Gasteiger partial charge is 0.369 e. The van der Waals surface area contributed by atoms with E-state index in [2.05, 4.69) is 20.6 Å². The zero-order valence-corrected chi connectivity index (χ0v) is 14.9. The number of carbonyl (C=O) groups is 1. The second-order valence-corrected chi connectivity index (χ2v) is 6.17. The number of imidazole rings is 1. The third-order valence-corrected chi connectivity index (χ3v) is 4.21. The summed E-state index contributed by atoms with van der Waals surface area (Å²) in [6.07, 6.45) is 6.38. The van der Waals surface area contributed by atoms with Crippen LogP contribution in [0.15, 0.2) is 42.9 Å². The molecule has 0 aliphatic heterocycles. The Bertz CT molecular complexity index is 891. The Hall–Kier alpha value is -2.96. The summed E-state index contributed by atoms with van der Waals surface area (Å²) >= 11 is 0. The fourth-order valence-electron chi connectivity index (χ4n) is 2.63. The maximum absolute atomic E-state index is 13.2. The molecule has 0 radical (unpaired) electrons. The fraction of sp³-hybridized carbons (Fsp3) is 0.316. The van der Waals surface area contributed by atoms with Crippen molar-refractivity contribution in [3.05, 3.63) is 48.7 Å². The fourth-order valence-corrected chi connectivity index (χ4v) is 2.63. The number of nitrogens with zero attached hydrogens (tertiary/aromatic N) is 3. The molecule has 7 heteroatoms. The molecular weight excluding hydrogens is 333 g/mol. The van der Waals surface area contributed by atoms with Crippen LogP contribution in [0.1, 0.15) is 26.7 Å². The summed E-state index contributed by atoms with van der Waals surface area (Å²) in [5, 5.41) is 6.24. The van der Waals surface area contributed by atoms with E-state index in [1.54, 1.807) is 30.7 Å². The number of rotatable bonds is 7. The Morgan fingerprint density at radius 1 is 1.31 bits per heavy atom. The van der Waals surface area contributed by atoms with Gasteiger partial charge in [-0.2, -0.15) is 0 Å². The van der Waals surface area contributed by atoms with Crippen LogP contribution in [0.2, 0.25) is 0 Å². The van der Waals surface area contributed by atoms with Crippen molar-refractivity contribution in [3.63, 3.8) is 0 Å². The van der Waals surface area contributed by atoms with E-state index in [-0.39, 0.29) is 17.8 Å². The van der Waals surface area contributed by atoms with Gasteiger partial charge in [0, 0.05) is 37.0 Å². The van der Waals surface area contributed by atoms with Crippen molar-refractivity contribution >= 4 is 17.4 Å². The molecule has 0 fully saturated rings. The van der Waals surface area contributed by atoms with Crippen LogP contribution >= 0.6 is 0 Å². The molecular formula is C19H22FN5O. The average molecular weight is 355 g/mol. The minimum atomic E-state index is -0.296. The van der Waals surface area contributed by atoms with Crippen LogP contribution in [0, 0.1) is 5.82 Å². The van der Waals surface area contributed by atoms with Crippen LogP contribution in [-0.4, -0.2) is 32.9 Å². The summed E-state index contributed by atoms with van der Waals surface area (Å²) in [4.78, 5) is 20.6. The van der Waals surface area contributed by atoms with E-state index in [1.165, 1.54) is 12.1 Å². The van der Waals surface area contributed by atoms with Gasteiger partial charge in [0.05, 0.1) is 6.20 Å². The van der Waals surface area contributed by atoms with Gasteiger partial charge in [0.25, 0.3) is 0 Å². The van der Waals surface area contributed by atoms with Gasteiger partial charge in [-0.15, -0.1) is 0 Å². The Balaban J connectivity index is 1.81. The second-order valence-electron chi connectivity index (χ2n) is 6.17. The number of hydrogen-bond donors (Lipinski definition) is 2. The third kappa shape index (κ3) is 3.99. The topological polar surface area (TPSA) is 71.3 Å². The smallest absolute Gasteiger partial charge is 0.221 e. The zero-order valence-electron chi connectivity index (χ0n) is 14.9. The molecule has 26 heavy (non-hydrogen) atoms. The molecule has 3 rings (SSSR count). The molecule has 2 heterocycles. The summed E-state index contributed by atoms with van der Waals surface area (Å²) in [5.74, 6) is 0.464. The number of amides is 1. The van der Waals surface area contributed by atoms with Crippen molar-refractivity contribution in [2.24, 2.45) is 0 Å². The predicted molar refractivity (Wildman–Crippen MR) is 99.4 cm³/mol. The van der Waals surface area contributed by atoms with E-state index in [9.17, 15) is 9.18 Å². The minimum Gasteiger partial charge on any atom is -0.369 e. The van der Waals surface area contributed by atoms with Gasteiger partial charge in [-0.05, 0) is 37.6 Å². The lowest BCUT2D eigenvalue weighted by atomic mass is 10.1. The van der Waals surface area contributed by atoms with Crippen LogP contribution in [0.25, 0.3) is 16.9 Å². The molecule has 2 N–H and O–H groups in total. The number of fused-ring (bicyclic) bond motifs is 1. The molecule has 1 amide bonds. The molecule has 1 unspecified atom stereocenters. The van der Waals surface area contributed by atoms with Gasteiger partial charge in [0.1, 0.15) is 17.3 Å². The monoisotopic (exact) mass is 355 g/mol. The van der Waals surface area contributed by atoms with Crippen LogP contribution in [-0.2, 0) is 4.79 Å². The van der Waals surface area contributed by atoms with E-state index < -0.39 is 0 Å². The van der Waals surface area contributed by atoms with Gasteiger partial charge in [-0.25, -0.2) is 9.37 Å². The van der Waals surface area contributed by atoms with Crippen LogP contribution in [0.3, 0.4) is 0 Å². The summed E-state index contributed by atoms with van der Waals surface area (Å²) in [6.45, 7) is 4.48. The average Bonchev–Trinajstić information content (AvgIpc) is 3.01. The summed E-state index contributed by atoms with van der Waals surface area (Å²) < 4.78 is 15.1. The van der Waals surface area contributed by atoms with Crippen molar-refractivity contribution in [1.29, 1.82) is 0 Å². The van der Waals surface area contributed by atoms with Gasteiger partial charge in [0.15, 0.2) is 5.65 Å². The molecule has 0 saturated heterocycles. The number of hydrogen-bond acceptors (Lipinski definition) is 4. The highest BCUT2D eigenvalue weighted by Gasteiger charge is 2.14. The highest BCUT2D eigenvalue weighted by Crippen LogP contribution is 2.28. The molecule has 1 atom stereocenters. The highest BCUT2D eigenvalue weighted by atomic mass is 19.1. The molecule has 3 aromatic rings. The van der Waals surface area contributed by atoms with Gasteiger partial charge < -0.3 is 10.6 Å². The van der Waals surface area contributed by atoms with E-state index in [0.29, 0.717) is 24.3 Å². The summed E-state index contributed by atoms with van der Waals surface area (Å²) in [5.41, 5.74) is 2.17. The van der Waals surface area contributed by atoms with E-state index in [1.807, 2.05) is 18.2 Å². The maximum Gasteiger partial charge on any atom is 0.221 e. The van der Waals surface area contributed by atoms with Gasteiger partial charge in [-0.3, -0.25) is 14.2 Å². The van der Waals surface area contributed by atoms with Crippen molar-refractivity contribution < 1.29 is 9.18 Å². The van der Waals surface area contributed by atoms with Gasteiger partial charge in [-0.1, -0.05) is 6.92 Å². The Morgan fingerprint density at radius 2 is 2.08 bits per heavy atom. The number of anilines is 1. The van der Waals surface area contributed by atoms with Crippen molar-refractivity contribution in [2.45, 2.75) is 32.7 Å². The quantitative estimate of drug-likeness (QED) is 0.682. The first-order valence-corrected chi connectivity index (χ1v) is 8.69. The first kappa shape index (κ1) is 17.8. The molecule has 136 valence electrons. The SMILES string of the molecule is CCC(C)NC(=O)CCNc1c(-c2ccc(F)cc2)nc2cnccn12. The number of halogens is 1. The Labute approximate surface area is 151 Å². The maximum atomic E-state index is 13.2. The van der Waals surface area contributed by atoms with Crippen molar-refractivity contribution in [1.82, 2.24) is 19.7 Å². The normalized spacial score (nSPS) is 12.1. The third-order valence-electron chi connectivity index (χ3n) is 4.21. The molecule has 2 aromatic heterocycles. The van der Waals surface area contributed by atoms with Crippen LogP contribution in [0.4, 0.5) is 10.2 Å². The highest BCUT2D eigenvalue weighted by molar-refractivity contribution is 5.78. The van der Waals surface area contributed by atoms with Crippen LogP contribution in [0.5, 0.6) is 0 Å². The van der Waals surface area contributed by atoms with E-state index in [0.717, 1.165) is 17.8 Å². The Morgan fingerprint density at radius 3 is 2.81 bits per heavy atom. The number of benzene rings is 1. The standard InChI is InChI=1S/C19H22FN5O/c1-3-13(2)23-17(26)8-9-22-19-18(14-4-6-15(20)7-5-14)24-16-12-21-10-11-25(16)19/h4-7,10-13,22H,3,8-9H2,1-2H3,(H,23,26). The number of carbonyl (C=O) groups excluding carboxylic acids is 1. The predicted octanol–water partition coefficient (Wildman–Crippen LogP) is 3.25. The van der Waals surface area contributed by atoms with Gasteiger partial charge in [0.2, 0.25) is 5.91 Å². The lowest BCUT2D eigenvalue weighted by Gasteiger charge is -2.12. The first-order chi connectivity index (χ1) is 12.6. The molecule has 1 aromatic carbocycles. The number of nitrogens with one attached hydrogen (secondary N) is 2. The molecule has 0 saturated carbocycles. The molecule has 6 nitrogen and oxygen atoms in total. The minimum absolute atomic E-state index is 0.00525. The van der Waals surface area contributed by atoms with Gasteiger partial charge >= 0.3 is 0 Å². The zero-order chi connectivity index (χ0) is 18.5. The van der Waals surface area contributed by atoms with Crippen LogP contribution < -0.4 is 10.6 Å². The summed E-state index contributed by atoms with van der Waals surface area (Å²) in [6, 6.07) is 6.35. The van der Waals surface area contributed by atoms with E-state index >= 15 is 0 Å². The molecule has 0 spiro atoms. The molecule has 0 aliphatic rings. The second kappa shape index (κ2) is 7.95. The lowest BCUT2D eigenvalue weighted by Crippen LogP contribution is -2.33. The molecule has 0 aliphatic carbocycles. The van der Waals surface area contributed by atoms with Crippen molar-refractivity contribution in [2.75, 3.05) is 11.9 Å². The van der Waals surface area contributed by atoms with E-state index in [4.69, 9.17) is 0 Å². The summed E-state index contributed by atoms with van der Waals surface area (Å²) in [7, 11) is 0. The number of aromatic nitrogens is 3. The molecule has 0 bridgehead atoms. The first-order valence-electron chi connectivity index (χ1n) is 8.69. The lowest BCUT2D eigenvalue weighted by molar-refractivity contribution is -0.121. The Kier molecular flexibility index (Phi) is 5.46. The van der Waals surface area contributed by atoms with Crippen molar-refractivity contribution in [3.8, 4) is 11.3 Å².